The van der Waals surface area contributed by atoms with Crippen LogP contribution in [0.5, 0.6) is 0 Å². The van der Waals surface area contributed by atoms with E-state index in [1.807, 2.05) is 24.7 Å². The van der Waals surface area contributed by atoms with Gasteiger partial charge in [-0.1, -0.05) is 0 Å². The summed E-state index contributed by atoms with van der Waals surface area (Å²) in [5.74, 6) is -0.950. The second-order valence-corrected chi connectivity index (χ2v) is 4.40. The van der Waals surface area contributed by atoms with Crippen molar-refractivity contribution in [1.29, 1.82) is 0 Å². The minimum Gasteiger partial charge on any atom is -0.478 e. The molecule has 3 aromatic rings. The van der Waals surface area contributed by atoms with Crippen molar-refractivity contribution in [3.8, 4) is 5.69 Å². The van der Waals surface area contributed by atoms with Gasteiger partial charge in [0.1, 0.15) is 6.33 Å². The molecule has 0 saturated heterocycles. The first-order valence-corrected chi connectivity index (χ1v) is 5.77. The summed E-state index contributed by atoms with van der Waals surface area (Å²) >= 11 is 0. The molecule has 0 radical (unpaired) electrons. The van der Waals surface area contributed by atoms with Gasteiger partial charge in [0.2, 0.25) is 0 Å². The third-order valence-corrected chi connectivity index (χ3v) is 3.04. The van der Waals surface area contributed by atoms with Crippen LogP contribution in [0.1, 0.15) is 16.1 Å². The Hall–Kier alpha value is -2.63. The van der Waals surface area contributed by atoms with Crippen molar-refractivity contribution >= 4 is 17.0 Å². The van der Waals surface area contributed by atoms with Gasteiger partial charge in [-0.15, -0.1) is 0 Å². The number of fused-ring (bicyclic) bond motifs is 1. The maximum absolute atomic E-state index is 10.9. The van der Waals surface area contributed by atoms with Crippen molar-refractivity contribution in [2.45, 2.75) is 6.92 Å². The van der Waals surface area contributed by atoms with Crippen molar-refractivity contribution in [3.63, 3.8) is 0 Å². The number of carboxylic acid groups (broad SMARTS) is 1. The summed E-state index contributed by atoms with van der Waals surface area (Å²) < 4.78 is 3.64. The number of imidazole rings is 1. The normalized spacial score (nSPS) is 11.1. The Bertz CT molecular complexity index is 785. The molecule has 2 aromatic heterocycles. The quantitative estimate of drug-likeness (QED) is 0.758. The summed E-state index contributed by atoms with van der Waals surface area (Å²) in [6, 6.07) is 4.91. The summed E-state index contributed by atoms with van der Waals surface area (Å²) in [7, 11) is 1.86. The Morgan fingerprint density at radius 3 is 2.79 bits per heavy atom. The zero-order valence-electron chi connectivity index (χ0n) is 10.5. The molecule has 0 aliphatic carbocycles. The highest BCUT2D eigenvalue weighted by molar-refractivity contribution is 5.92. The lowest BCUT2D eigenvalue weighted by atomic mass is 10.2. The van der Waals surface area contributed by atoms with Crippen molar-refractivity contribution in [2.24, 2.45) is 7.05 Å². The number of carbonyl (C=O) groups is 1. The highest BCUT2D eigenvalue weighted by Crippen LogP contribution is 2.21. The molecule has 6 nitrogen and oxygen atoms in total. The van der Waals surface area contributed by atoms with Crippen LogP contribution >= 0.6 is 0 Å². The van der Waals surface area contributed by atoms with Crippen molar-refractivity contribution < 1.29 is 9.90 Å². The van der Waals surface area contributed by atoms with Crippen LogP contribution in [0.3, 0.4) is 0 Å². The zero-order valence-corrected chi connectivity index (χ0v) is 10.5. The van der Waals surface area contributed by atoms with Gasteiger partial charge < -0.3 is 5.11 Å². The van der Waals surface area contributed by atoms with Crippen molar-refractivity contribution in [1.82, 2.24) is 19.3 Å². The fraction of sp³-hybridized carbons (Fsp3) is 0.154. The molecule has 0 saturated carbocycles. The fourth-order valence-electron chi connectivity index (χ4n) is 2.16. The number of benzene rings is 1. The van der Waals surface area contributed by atoms with E-state index in [-0.39, 0.29) is 5.56 Å². The fourth-order valence-corrected chi connectivity index (χ4v) is 2.16. The monoisotopic (exact) mass is 256 g/mol. The second kappa shape index (κ2) is 3.94. The first-order chi connectivity index (χ1) is 9.06. The van der Waals surface area contributed by atoms with Crippen LogP contribution in [0.15, 0.2) is 30.7 Å². The third kappa shape index (κ3) is 1.77. The molecule has 0 aliphatic heterocycles. The number of rotatable bonds is 2. The molecule has 0 bridgehead atoms. The molecule has 6 heteroatoms. The lowest BCUT2D eigenvalue weighted by molar-refractivity contribution is 0.0697. The molecule has 0 spiro atoms. The lowest BCUT2D eigenvalue weighted by Gasteiger charge is -2.02. The minimum atomic E-state index is -0.950. The van der Waals surface area contributed by atoms with E-state index in [2.05, 4.69) is 10.1 Å². The number of carboxylic acids is 1. The SMILES string of the molecule is Cc1nn(C)cc1-n1cnc2cc(C(=O)O)ccc21. The summed E-state index contributed by atoms with van der Waals surface area (Å²) in [5.41, 5.74) is 3.59. The number of nitrogens with zero attached hydrogens (tertiary/aromatic N) is 4. The summed E-state index contributed by atoms with van der Waals surface area (Å²) in [5, 5.41) is 13.3. The highest BCUT2D eigenvalue weighted by Gasteiger charge is 2.11. The Labute approximate surface area is 108 Å². The van der Waals surface area contributed by atoms with Gasteiger partial charge in [0.05, 0.1) is 28.0 Å². The number of aromatic nitrogens is 4. The van der Waals surface area contributed by atoms with Crippen LogP contribution in [-0.4, -0.2) is 30.4 Å². The summed E-state index contributed by atoms with van der Waals surface area (Å²) in [6.45, 7) is 1.92. The molecule has 0 unspecified atom stereocenters. The number of aromatic carboxylic acids is 1. The van der Waals surface area contributed by atoms with Crippen LogP contribution in [-0.2, 0) is 7.05 Å². The Morgan fingerprint density at radius 2 is 2.16 bits per heavy atom. The van der Waals surface area contributed by atoms with Crippen LogP contribution in [0.4, 0.5) is 0 Å². The van der Waals surface area contributed by atoms with E-state index < -0.39 is 5.97 Å². The van der Waals surface area contributed by atoms with Crippen LogP contribution in [0, 0.1) is 6.92 Å². The molecule has 3 rings (SSSR count). The minimum absolute atomic E-state index is 0.237. The van der Waals surface area contributed by atoms with Gasteiger partial charge in [-0.25, -0.2) is 9.78 Å². The van der Waals surface area contributed by atoms with E-state index in [9.17, 15) is 4.79 Å². The average molecular weight is 256 g/mol. The lowest BCUT2D eigenvalue weighted by Crippen LogP contribution is -1.96. The molecule has 96 valence electrons. The maximum Gasteiger partial charge on any atom is 0.335 e. The van der Waals surface area contributed by atoms with Gasteiger partial charge >= 0.3 is 5.97 Å². The molecule has 1 N–H and O–H groups in total. The molecular formula is C13H12N4O2. The van der Waals surface area contributed by atoms with Gasteiger partial charge in [-0.2, -0.15) is 5.10 Å². The zero-order chi connectivity index (χ0) is 13.6. The standard InChI is InChI=1S/C13H12N4O2/c1-8-12(6-16(2)15-8)17-7-14-10-5-9(13(18)19)3-4-11(10)17/h3-7H,1-2H3,(H,18,19). The number of hydrogen-bond donors (Lipinski definition) is 1. The van der Waals surface area contributed by atoms with E-state index in [1.165, 1.54) is 0 Å². The Morgan fingerprint density at radius 1 is 1.37 bits per heavy atom. The van der Waals surface area contributed by atoms with Gasteiger partial charge in [0.15, 0.2) is 0 Å². The van der Waals surface area contributed by atoms with Crippen LogP contribution in [0.25, 0.3) is 16.7 Å². The highest BCUT2D eigenvalue weighted by atomic mass is 16.4. The van der Waals surface area contributed by atoms with Gasteiger partial charge in [0.25, 0.3) is 0 Å². The third-order valence-electron chi connectivity index (χ3n) is 3.04. The summed E-state index contributed by atoms with van der Waals surface area (Å²) in [4.78, 5) is 15.2. The maximum atomic E-state index is 10.9. The molecule has 0 fully saturated rings. The predicted octanol–water partition coefficient (Wildman–Crippen LogP) is 1.77. The first kappa shape index (κ1) is 11.5. The topological polar surface area (TPSA) is 72.9 Å². The molecule has 0 atom stereocenters. The van der Waals surface area contributed by atoms with E-state index in [0.29, 0.717) is 5.52 Å². The summed E-state index contributed by atoms with van der Waals surface area (Å²) in [6.07, 6.45) is 3.59. The van der Waals surface area contributed by atoms with Crippen LogP contribution < -0.4 is 0 Å². The number of aryl methyl sites for hydroxylation is 2. The van der Waals surface area contributed by atoms with Crippen LogP contribution in [0.2, 0.25) is 0 Å². The Kier molecular flexibility index (Phi) is 2.38. The second-order valence-electron chi connectivity index (χ2n) is 4.40. The largest absolute Gasteiger partial charge is 0.478 e. The molecule has 2 heterocycles. The molecule has 19 heavy (non-hydrogen) atoms. The van der Waals surface area contributed by atoms with Crippen molar-refractivity contribution in [2.75, 3.05) is 0 Å². The van der Waals surface area contributed by atoms with E-state index >= 15 is 0 Å². The molecular weight excluding hydrogens is 244 g/mol. The average Bonchev–Trinajstić information content (AvgIpc) is 2.91. The number of hydrogen-bond acceptors (Lipinski definition) is 3. The van der Waals surface area contributed by atoms with E-state index in [4.69, 9.17) is 5.11 Å². The van der Waals surface area contributed by atoms with E-state index in [0.717, 1.165) is 16.9 Å². The molecule has 1 aromatic carbocycles. The Balaban J connectivity index is 2.21. The van der Waals surface area contributed by atoms with Crippen molar-refractivity contribution in [3.05, 3.63) is 42.0 Å². The first-order valence-electron chi connectivity index (χ1n) is 5.77. The smallest absolute Gasteiger partial charge is 0.335 e. The molecule has 0 amide bonds. The van der Waals surface area contributed by atoms with Gasteiger partial charge in [0, 0.05) is 13.2 Å². The van der Waals surface area contributed by atoms with Gasteiger partial charge in [-0.05, 0) is 25.1 Å². The van der Waals surface area contributed by atoms with E-state index in [1.54, 1.807) is 29.2 Å². The molecule has 0 aliphatic rings. The van der Waals surface area contributed by atoms with Gasteiger partial charge in [-0.3, -0.25) is 9.25 Å². The predicted molar refractivity (Wildman–Crippen MR) is 69.5 cm³/mol.